The van der Waals surface area contributed by atoms with E-state index in [0.717, 1.165) is 0 Å². The summed E-state index contributed by atoms with van der Waals surface area (Å²) in [4.78, 5) is 0.203. The molecular weight excluding hydrogens is 236 g/mol. The summed E-state index contributed by atoms with van der Waals surface area (Å²) >= 11 is 0. The normalized spacial score (nSPS) is 11.5. The maximum absolute atomic E-state index is 11.9. The summed E-state index contributed by atoms with van der Waals surface area (Å²) in [5.41, 5.74) is 1.16. The molecule has 0 saturated carbocycles. The molecule has 0 amide bonds. The molecule has 0 saturated heterocycles. The molecule has 17 heavy (non-hydrogen) atoms. The standard InChI is InChI=1S/C12H16N2O2S/c1-9(2)8-14-17(15,16)12-5-4-11(7-13)10(3)6-12/h4-6,9,14H,8H2,1-3H3. The highest BCUT2D eigenvalue weighted by atomic mass is 32.2. The minimum absolute atomic E-state index is 0.203. The largest absolute Gasteiger partial charge is 0.240 e. The highest BCUT2D eigenvalue weighted by Crippen LogP contribution is 2.14. The molecule has 0 bridgehead atoms. The van der Waals surface area contributed by atoms with Crippen LogP contribution in [0.5, 0.6) is 0 Å². The van der Waals surface area contributed by atoms with Crippen molar-refractivity contribution in [3.63, 3.8) is 0 Å². The van der Waals surface area contributed by atoms with Gasteiger partial charge < -0.3 is 0 Å². The van der Waals surface area contributed by atoms with Crippen molar-refractivity contribution in [3.05, 3.63) is 29.3 Å². The fraction of sp³-hybridized carbons (Fsp3) is 0.417. The zero-order valence-corrected chi connectivity index (χ0v) is 11.0. The second-order valence-electron chi connectivity index (χ2n) is 4.33. The average Bonchev–Trinajstić information content (AvgIpc) is 2.26. The Hall–Kier alpha value is -1.38. The van der Waals surface area contributed by atoms with Crippen LogP contribution in [0.15, 0.2) is 23.1 Å². The summed E-state index contributed by atoms with van der Waals surface area (Å²) in [6.07, 6.45) is 0. The predicted molar refractivity (Wildman–Crippen MR) is 65.9 cm³/mol. The van der Waals surface area contributed by atoms with E-state index in [1.807, 2.05) is 19.9 Å². The topological polar surface area (TPSA) is 70.0 Å². The van der Waals surface area contributed by atoms with Crippen molar-refractivity contribution >= 4 is 10.0 Å². The Kier molecular flexibility index (Phi) is 4.27. The first kappa shape index (κ1) is 13.7. The minimum Gasteiger partial charge on any atom is -0.211 e. The molecule has 0 aliphatic carbocycles. The molecule has 4 nitrogen and oxygen atoms in total. The number of nitrogens with zero attached hydrogens (tertiary/aromatic N) is 1. The Morgan fingerprint density at radius 3 is 2.53 bits per heavy atom. The number of nitriles is 1. The first-order valence-corrected chi connectivity index (χ1v) is 6.85. The van der Waals surface area contributed by atoms with E-state index in [-0.39, 0.29) is 10.8 Å². The number of nitrogens with one attached hydrogen (secondary N) is 1. The molecule has 1 N–H and O–H groups in total. The number of hydrogen-bond acceptors (Lipinski definition) is 3. The Labute approximate surface area is 102 Å². The van der Waals surface area contributed by atoms with Crippen LogP contribution in [-0.4, -0.2) is 15.0 Å². The minimum atomic E-state index is -3.46. The lowest BCUT2D eigenvalue weighted by atomic mass is 10.1. The van der Waals surface area contributed by atoms with E-state index >= 15 is 0 Å². The third-order valence-corrected chi connectivity index (χ3v) is 3.73. The van der Waals surface area contributed by atoms with Crippen LogP contribution in [0.1, 0.15) is 25.0 Å². The molecule has 0 spiro atoms. The van der Waals surface area contributed by atoms with Crippen LogP contribution < -0.4 is 4.72 Å². The predicted octanol–water partition coefficient (Wildman–Crippen LogP) is 1.80. The molecule has 0 aliphatic rings. The van der Waals surface area contributed by atoms with Gasteiger partial charge in [-0.05, 0) is 36.6 Å². The molecule has 0 fully saturated rings. The van der Waals surface area contributed by atoms with Gasteiger partial charge in [-0.15, -0.1) is 0 Å². The summed E-state index contributed by atoms with van der Waals surface area (Å²) in [6.45, 7) is 6.00. The van der Waals surface area contributed by atoms with Crippen molar-refractivity contribution in [2.24, 2.45) is 5.92 Å². The van der Waals surface area contributed by atoms with Crippen molar-refractivity contribution < 1.29 is 8.42 Å². The Bertz CT molecular complexity index is 542. The van der Waals surface area contributed by atoms with Crippen molar-refractivity contribution in [3.8, 4) is 6.07 Å². The Balaban J connectivity index is 3.01. The highest BCUT2D eigenvalue weighted by molar-refractivity contribution is 7.89. The second kappa shape index (κ2) is 5.30. The van der Waals surface area contributed by atoms with Gasteiger partial charge in [-0.1, -0.05) is 13.8 Å². The lowest BCUT2D eigenvalue weighted by Gasteiger charge is -2.09. The maximum atomic E-state index is 11.9. The van der Waals surface area contributed by atoms with Crippen molar-refractivity contribution in [2.45, 2.75) is 25.7 Å². The van der Waals surface area contributed by atoms with Crippen LogP contribution in [0.4, 0.5) is 0 Å². The summed E-state index contributed by atoms with van der Waals surface area (Å²) in [7, 11) is -3.46. The lowest BCUT2D eigenvalue weighted by Crippen LogP contribution is -2.27. The zero-order chi connectivity index (χ0) is 13.1. The first-order chi connectivity index (χ1) is 7.86. The number of sulfonamides is 1. The summed E-state index contributed by atoms with van der Waals surface area (Å²) in [5, 5.41) is 8.77. The van der Waals surface area contributed by atoms with Gasteiger partial charge in [0.15, 0.2) is 0 Å². The van der Waals surface area contributed by atoms with E-state index in [4.69, 9.17) is 5.26 Å². The van der Waals surface area contributed by atoms with Crippen molar-refractivity contribution in [1.29, 1.82) is 5.26 Å². The third-order valence-electron chi connectivity index (χ3n) is 2.31. The van der Waals surface area contributed by atoms with Crippen LogP contribution >= 0.6 is 0 Å². The van der Waals surface area contributed by atoms with Crippen LogP contribution in [0, 0.1) is 24.2 Å². The third kappa shape index (κ3) is 3.55. The summed E-state index contributed by atoms with van der Waals surface area (Å²) in [6, 6.07) is 6.50. The second-order valence-corrected chi connectivity index (χ2v) is 6.10. The molecule has 0 atom stereocenters. The summed E-state index contributed by atoms with van der Waals surface area (Å²) in [5.74, 6) is 0.254. The fourth-order valence-electron chi connectivity index (χ4n) is 1.29. The zero-order valence-electron chi connectivity index (χ0n) is 10.2. The maximum Gasteiger partial charge on any atom is 0.240 e. The van der Waals surface area contributed by atoms with E-state index in [1.165, 1.54) is 18.2 Å². The molecule has 92 valence electrons. The van der Waals surface area contributed by atoms with Gasteiger partial charge in [0.05, 0.1) is 16.5 Å². The Morgan fingerprint density at radius 1 is 1.41 bits per heavy atom. The van der Waals surface area contributed by atoms with Crippen molar-refractivity contribution in [2.75, 3.05) is 6.54 Å². The fourth-order valence-corrected chi connectivity index (χ4v) is 2.59. The van der Waals surface area contributed by atoms with E-state index in [0.29, 0.717) is 17.7 Å². The number of aryl methyl sites for hydroxylation is 1. The van der Waals surface area contributed by atoms with Crippen LogP contribution in [0.3, 0.4) is 0 Å². The summed E-state index contributed by atoms with van der Waals surface area (Å²) < 4.78 is 26.3. The molecule has 1 aromatic rings. The lowest BCUT2D eigenvalue weighted by molar-refractivity contribution is 0.560. The van der Waals surface area contributed by atoms with E-state index in [2.05, 4.69) is 4.72 Å². The van der Waals surface area contributed by atoms with Crippen LogP contribution in [0.25, 0.3) is 0 Å². The molecule has 5 heteroatoms. The molecule has 0 unspecified atom stereocenters. The molecule has 0 heterocycles. The quantitative estimate of drug-likeness (QED) is 0.888. The van der Waals surface area contributed by atoms with Gasteiger partial charge >= 0.3 is 0 Å². The van der Waals surface area contributed by atoms with Gasteiger partial charge in [0, 0.05) is 6.54 Å². The van der Waals surface area contributed by atoms with E-state index in [1.54, 1.807) is 6.92 Å². The molecule has 0 aromatic heterocycles. The Morgan fingerprint density at radius 2 is 2.06 bits per heavy atom. The van der Waals surface area contributed by atoms with E-state index in [9.17, 15) is 8.42 Å². The van der Waals surface area contributed by atoms with Gasteiger partial charge in [0.25, 0.3) is 0 Å². The molecular formula is C12H16N2O2S. The van der Waals surface area contributed by atoms with Gasteiger partial charge in [0.2, 0.25) is 10.0 Å². The molecule has 1 rings (SSSR count). The highest BCUT2D eigenvalue weighted by Gasteiger charge is 2.14. The van der Waals surface area contributed by atoms with Crippen LogP contribution in [0.2, 0.25) is 0 Å². The number of benzene rings is 1. The SMILES string of the molecule is Cc1cc(S(=O)(=O)NCC(C)C)ccc1C#N. The molecule has 0 radical (unpaired) electrons. The first-order valence-electron chi connectivity index (χ1n) is 5.37. The van der Waals surface area contributed by atoms with Gasteiger partial charge in [0.1, 0.15) is 0 Å². The van der Waals surface area contributed by atoms with Crippen molar-refractivity contribution in [1.82, 2.24) is 4.72 Å². The molecule has 1 aromatic carbocycles. The average molecular weight is 252 g/mol. The van der Waals surface area contributed by atoms with E-state index < -0.39 is 10.0 Å². The van der Waals surface area contributed by atoms with Gasteiger partial charge in [-0.3, -0.25) is 0 Å². The smallest absolute Gasteiger partial charge is 0.211 e. The monoisotopic (exact) mass is 252 g/mol. The molecule has 0 aliphatic heterocycles. The number of hydrogen-bond donors (Lipinski definition) is 1. The van der Waals surface area contributed by atoms with Gasteiger partial charge in [-0.25, -0.2) is 13.1 Å². The van der Waals surface area contributed by atoms with Gasteiger partial charge in [-0.2, -0.15) is 5.26 Å². The van der Waals surface area contributed by atoms with Crippen LogP contribution in [-0.2, 0) is 10.0 Å². The number of rotatable bonds is 4.